The summed E-state index contributed by atoms with van der Waals surface area (Å²) < 4.78 is 10.6. The summed E-state index contributed by atoms with van der Waals surface area (Å²) in [6.07, 6.45) is 2.87. The van der Waals surface area contributed by atoms with E-state index in [9.17, 15) is 4.79 Å². The SMILES string of the molecule is COC(=O)CC1(Oc2c(Cl)cccc2Cl)CCC1. The van der Waals surface area contributed by atoms with Crippen molar-refractivity contribution < 1.29 is 14.3 Å². The fraction of sp³-hybridized carbons (Fsp3) is 0.462. The quantitative estimate of drug-likeness (QED) is 0.790. The molecule has 0 N–H and O–H groups in total. The molecule has 5 heteroatoms. The predicted molar refractivity (Wildman–Crippen MR) is 70.3 cm³/mol. The van der Waals surface area contributed by atoms with Crippen molar-refractivity contribution in [2.24, 2.45) is 0 Å². The minimum atomic E-state index is -0.512. The second-order valence-electron chi connectivity index (χ2n) is 4.44. The Kier molecular flexibility index (Phi) is 4.03. The van der Waals surface area contributed by atoms with Crippen molar-refractivity contribution in [3.63, 3.8) is 0 Å². The van der Waals surface area contributed by atoms with Crippen LogP contribution in [0.4, 0.5) is 0 Å². The Morgan fingerprint density at radius 2 is 1.94 bits per heavy atom. The first-order valence-electron chi connectivity index (χ1n) is 5.76. The van der Waals surface area contributed by atoms with Crippen LogP contribution in [0, 0.1) is 0 Å². The van der Waals surface area contributed by atoms with Crippen LogP contribution in [0.5, 0.6) is 5.75 Å². The first-order valence-corrected chi connectivity index (χ1v) is 6.52. The lowest BCUT2D eigenvalue weighted by Crippen LogP contribution is -2.45. The molecule has 0 unspecified atom stereocenters. The van der Waals surface area contributed by atoms with Crippen molar-refractivity contribution in [1.29, 1.82) is 0 Å². The molecule has 3 nitrogen and oxygen atoms in total. The van der Waals surface area contributed by atoms with Gasteiger partial charge in [-0.25, -0.2) is 0 Å². The van der Waals surface area contributed by atoms with Crippen LogP contribution in [-0.4, -0.2) is 18.7 Å². The molecular weight excluding hydrogens is 275 g/mol. The van der Waals surface area contributed by atoms with Crippen LogP contribution >= 0.6 is 23.2 Å². The molecule has 0 aliphatic heterocycles. The van der Waals surface area contributed by atoms with Gasteiger partial charge in [0.05, 0.1) is 23.6 Å². The summed E-state index contributed by atoms with van der Waals surface area (Å²) in [5.74, 6) is 0.169. The van der Waals surface area contributed by atoms with E-state index in [1.807, 2.05) is 0 Å². The van der Waals surface area contributed by atoms with Crippen LogP contribution in [-0.2, 0) is 9.53 Å². The molecule has 1 aliphatic rings. The van der Waals surface area contributed by atoms with Gasteiger partial charge < -0.3 is 9.47 Å². The highest BCUT2D eigenvalue weighted by Gasteiger charge is 2.42. The highest BCUT2D eigenvalue weighted by molar-refractivity contribution is 6.37. The lowest BCUT2D eigenvalue weighted by molar-refractivity contribution is -0.148. The molecule has 0 radical (unpaired) electrons. The molecule has 1 saturated carbocycles. The zero-order valence-electron chi connectivity index (χ0n) is 10.0. The van der Waals surface area contributed by atoms with Crippen molar-refractivity contribution in [3.8, 4) is 5.75 Å². The third-order valence-electron chi connectivity index (χ3n) is 3.20. The van der Waals surface area contributed by atoms with Crippen LogP contribution < -0.4 is 4.74 Å². The van der Waals surface area contributed by atoms with Crippen LogP contribution in [0.25, 0.3) is 0 Å². The van der Waals surface area contributed by atoms with Crippen molar-refractivity contribution in [3.05, 3.63) is 28.2 Å². The van der Waals surface area contributed by atoms with Gasteiger partial charge in [-0.15, -0.1) is 0 Å². The molecule has 1 aliphatic carbocycles. The number of esters is 1. The largest absolute Gasteiger partial charge is 0.484 e. The van der Waals surface area contributed by atoms with E-state index < -0.39 is 5.60 Å². The minimum Gasteiger partial charge on any atom is -0.484 e. The minimum absolute atomic E-state index is 0.227. The molecule has 1 aromatic rings. The van der Waals surface area contributed by atoms with Crippen molar-refractivity contribution >= 4 is 29.2 Å². The Bertz CT molecular complexity index is 435. The normalized spacial score (nSPS) is 16.8. The molecule has 98 valence electrons. The van der Waals surface area contributed by atoms with Crippen LogP contribution in [0.15, 0.2) is 18.2 Å². The summed E-state index contributed by atoms with van der Waals surface area (Å²) in [4.78, 5) is 11.4. The van der Waals surface area contributed by atoms with Gasteiger partial charge >= 0.3 is 5.97 Å². The molecule has 0 bridgehead atoms. The number of para-hydroxylation sites is 1. The number of benzene rings is 1. The number of methoxy groups -OCH3 is 1. The first-order chi connectivity index (χ1) is 8.56. The smallest absolute Gasteiger partial charge is 0.309 e. The third kappa shape index (κ3) is 2.73. The molecule has 1 aromatic carbocycles. The average Bonchev–Trinajstić information content (AvgIpc) is 2.30. The van der Waals surface area contributed by atoms with E-state index in [1.54, 1.807) is 18.2 Å². The third-order valence-corrected chi connectivity index (χ3v) is 3.79. The molecule has 0 heterocycles. The highest BCUT2D eigenvalue weighted by atomic mass is 35.5. The number of rotatable bonds is 4. The highest BCUT2D eigenvalue weighted by Crippen LogP contribution is 2.43. The fourth-order valence-electron chi connectivity index (χ4n) is 2.02. The van der Waals surface area contributed by atoms with Crippen LogP contribution in [0.1, 0.15) is 25.7 Å². The Hall–Kier alpha value is -0.930. The summed E-state index contributed by atoms with van der Waals surface area (Å²) >= 11 is 12.1. The van der Waals surface area contributed by atoms with Gasteiger partial charge in [-0.3, -0.25) is 4.79 Å². The summed E-state index contributed by atoms with van der Waals surface area (Å²) in [5, 5.41) is 0.914. The number of halogens is 2. The zero-order chi connectivity index (χ0) is 13.2. The van der Waals surface area contributed by atoms with Crippen molar-refractivity contribution in [2.45, 2.75) is 31.3 Å². The summed E-state index contributed by atoms with van der Waals surface area (Å²) in [7, 11) is 1.37. The molecule has 0 atom stereocenters. The average molecular weight is 289 g/mol. The van der Waals surface area contributed by atoms with Gasteiger partial charge in [0.1, 0.15) is 5.60 Å². The van der Waals surface area contributed by atoms with Gasteiger partial charge in [-0.1, -0.05) is 29.3 Å². The van der Waals surface area contributed by atoms with Gasteiger partial charge in [0, 0.05) is 0 Å². The van der Waals surface area contributed by atoms with E-state index in [0.717, 1.165) is 19.3 Å². The molecule has 2 rings (SSSR count). The summed E-state index contributed by atoms with van der Waals surface area (Å²) in [5.41, 5.74) is -0.512. The fourth-order valence-corrected chi connectivity index (χ4v) is 2.49. The van der Waals surface area contributed by atoms with E-state index in [4.69, 9.17) is 32.7 Å². The summed E-state index contributed by atoms with van der Waals surface area (Å²) in [6.45, 7) is 0. The maximum atomic E-state index is 11.4. The number of carbonyl (C=O) groups is 1. The monoisotopic (exact) mass is 288 g/mol. The van der Waals surface area contributed by atoms with Crippen molar-refractivity contribution in [2.75, 3.05) is 7.11 Å². The molecule has 0 spiro atoms. The first kappa shape index (κ1) is 13.5. The van der Waals surface area contributed by atoms with Gasteiger partial charge in [-0.2, -0.15) is 0 Å². The maximum Gasteiger partial charge on any atom is 0.309 e. The Morgan fingerprint density at radius 1 is 1.33 bits per heavy atom. The van der Waals surface area contributed by atoms with E-state index >= 15 is 0 Å². The van der Waals surface area contributed by atoms with E-state index in [1.165, 1.54) is 7.11 Å². The topological polar surface area (TPSA) is 35.5 Å². The van der Waals surface area contributed by atoms with Gasteiger partial charge in [0.25, 0.3) is 0 Å². The van der Waals surface area contributed by atoms with Gasteiger partial charge in [0.15, 0.2) is 5.75 Å². The molecule has 1 fully saturated rings. The van der Waals surface area contributed by atoms with Gasteiger partial charge in [0.2, 0.25) is 0 Å². The van der Waals surface area contributed by atoms with Crippen LogP contribution in [0.2, 0.25) is 10.0 Å². The van der Waals surface area contributed by atoms with E-state index in [0.29, 0.717) is 15.8 Å². The Morgan fingerprint density at radius 3 is 2.39 bits per heavy atom. The second-order valence-corrected chi connectivity index (χ2v) is 5.26. The molecular formula is C13H14Cl2O3. The number of carbonyl (C=O) groups excluding carboxylic acids is 1. The lowest BCUT2D eigenvalue weighted by atomic mass is 9.77. The Balaban J connectivity index is 2.18. The number of ether oxygens (including phenoxy) is 2. The number of hydrogen-bond donors (Lipinski definition) is 0. The standard InChI is InChI=1S/C13H14Cl2O3/c1-17-11(16)8-13(6-3-7-13)18-12-9(14)4-2-5-10(12)15/h2,4-5H,3,6-8H2,1H3. The number of hydrogen-bond acceptors (Lipinski definition) is 3. The molecule has 0 aromatic heterocycles. The van der Waals surface area contributed by atoms with Crippen molar-refractivity contribution in [1.82, 2.24) is 0 Å². The zero-order valence-corrected chi connectivity index (χ0v) is 11.6. The maximum absolute atomic E-state index is 11.4. The molecule has 0 amide bonds. The van der Waals surface area contributed by atoms with E-state index in [2.05, 4.69) is 0 Å². The molecule has 0 saturated heterocycles. The predicted octanol–water partition coefficient (Wildman–Crippen LogP) is 3.86. The molecule has 18 heavy (non-hydrogen) atoms. The lowest BCUT2D eigenvalue weighted by Gasteiger charge is -2.41. The van der Waals surface area contributed by atoms with Crippen LogP contribution in [0.3, 0.4) is 0 Å². The van der Waals surface area contributed by atoms with E-state index in [-0.39, 0.29) is 12.4 Å². The van der Waals surface area contributed by atoms with Gasteiger partial charge in [-0.05, 0) is 31.4 Å². The summed E-state index contributed by atoms with van der Waals surface area (Å²) in [6, 6.07) is 5.19. The second kappa shape index (κ2) is 5.37. The Labute approximate surface area is 116 Å².